The van der Waals surface area contributed by atoms with Crippen LogP contribution in [-0.4, -0.2) is 50.0 Å². The number of hydrogen-bond acceptors (Lipinski definition) is 7. The van der Waals surface area contributed by atoms with Crippen LogP contribution in [0.15, 0.2) is 33.7 Å². The molecule has 0 aliphatic rings. The largest absolute Gasteiger partial charge is 0.383 e. The smallest absolute Gasteiger partial charge is 0.244 e. The van der Waals surface area contributed by atoms with E-state index in [1.54, 1.807) is 45.0 Å². The van der Waals surface area contributed by atoms with E-state index in [0.29, 0.717) is 30.4 Å². The molecule has 2 rings (SSSR count). The molecule has 10 heteroatoms. The van der Waals surface area contributed by atoms with Gasteiger partial charge in [0.25, 0.3) is 0 Å². The Balaban J connectivity index is 2.20. The third-order valence-electron chi connectivity index (χ3n) is 4.51. The maximum absolute atomic E-state index is 12.9. The topological polar surface area (TPSA) is 117 Å². The third kappa shape index (κ3) is 6.20. The Kier molecular flexibility index (Phi) is 8.67. The quantitative estimate of drug-likeness (QED) is 0.436. The number of carbonyl (C=O) groups is 1. The van der Waals surface area contributed by atoms with Crippen LogP contribution in [0.1, 0.15) is 39.4 Å². The minimum atomic E-state index is -3.61. The van der Waals surface area contributed by atoms with Gasteiger partial charge in [-0.25, -0.2) is 8.42 Å². The van der Waals surface area contributed by atoms with Crippen LogP contribution in [0.25, 0.3) is 0 Å². The Labute approximate surface area is 178 Å². The second-order valence-electron chi connectivity index (χ2n) is 6.80. The van der Waals surface area contributed by atoms with Crippen molar-refractivity contribution in [2.45, 2.75) is 45.4 Å². The number of amides is 1. The molecule has 30 heavy (non-hydrogen) atoms. The predicted octanol–water partition coefficient (Wildman–Crippen LogP) is 3.28. The molecule has 0 aliphatic heterocycles. The number of nitrogens with one attached hydrogen (secondary N) is 3. The molecule has 1 aromatic heterocycles. The number of unbranched alkanes of at least 4 members (excludes halogenated alkanes) is 1. The number of hydrogen-bond donors (Lipinski definition) is 3. The molecule has 1 heterocycles. The van der Waals surface area contributed by atoms with Crippen molar-refractivity contribution in [3.8, 4) is 0 Å². The van der Waals surface area contributed by atoms with Gasteiger partial charge in [-0.1, -0.05) is 32.3 Å². The van der Waals surface area contributed by atoms with Crippen molar-refractivity contribution in [1.82, 2.24) is 9.46 Å². The summed E-state index contributed by atoms with van der Waals surface area (Å²) in [5.74, 6) is 0.605. The van der Waals surface area contributed by atoms with E-state index in [2.05, 4.69) is 28.0 Å². The van der Waals surface area contributed by atoms with Gasteiger partial charge in [-0.15, -0.1) is 0 Å². The lowest BCUT2D eigenvalue weighted by Gasteiger charge is -2.20. The Hall–Kier alpha value is -2.59. The SMILES string of the molecule is CCCCNc1ccc(S(=O)(=O)N(CC)CC)cc1NCC(=O)Nc1cc(C)on1. The number of nitrogens with zero attached hydrogens (tertiary/aromatic N) is 2. The first-order valence-electron chi connectivity index (χ1n) is 10.2. The fraction of sp³-hybridized carbons (Fsp3) is 0.500. The fourth-order valence-electron chi connectivity index (χ4n) is 2.88. The minimum absolute atomic E-state index is 0.0524. The average Bonchev–Trinajstić information content (AvgIpc) is 3.12. The van der Waals surface area contributed by atoms with Crippen LogP contribution in [0.4, 0.5) is 17.2 Å². The average molecular weight is 438 g/mol. The lowest BCUT2D eigenvalue weighted by molar-refractivity contribution is -0.114. The van der Waals surface area contributed by atoms with E-state index in [0.717, 1.165) is 25.1 Å². The number of aromatic nitrogens is 1. The molecule has 9 nitrogen and oxygen atoms in total. The summed E-state index contributed by atoms with van der Waals surface area (Å²) in [4.78, 5) is 12.4. The zero-order chi connectivity index (χ0) is 22.1. The summed E-state index contributed by atoms with van der Waals surface area (Å²) >= 11 is 0. The summed E-state index contributed by atoms with van der Waals surface area (Å²) < 4.78 is 32.1. The molecule has 2 aromatic rings. The molecular formula is C20H31N5O4S. The number of rotatable bonds is 12. The van der Waals surface area contributed by atoms with E-state index in [1.165, 1.54) is 4.31 Å². The van der Waals surface area contributed by atoms with Crippen LogP contribution in [0, 0.1) is 6.92 Å². The van der Waals surface area contributed by atoms with Crippen LogP contribution in [0.2, 0.25) is 0 Å². The lowest BCUT2D eigenvalue weighted by Crippen LogP contribution is -2.30. The second kappa shape index (κ2) is 11.0. The van der Waals surface area contributed by atoms with Crippen molar-refractivity contribution in [1.29, 1.82) is 0 Å². The molecular weight excluding hydrogens is 406 g/mol. The molecule has 0 spiro atoms. The highest BCUT2D eigenvalue weighted by Gasteiger charge is 2.22. The van der Waals surface area contributed by atoms with Crippen molar-refractivity contribution in [2.24, 2.45) is 0 Å². The number of sulfonamides is 1. The zero-order valence-electron chi connectivity index (χ0n) is 18.0. The monoisotopic (exact) mass is 437 g/mol. The van der Waals surface area contributed by atoms with E-state index in [9.17, 15) is 13.2 Å². The Bertz CT molecular complexity index is 938. The number of benzene rings is 1. The summed E-state index contributed by atoms with van der Waals surface area (Å²) in [7, 11) is -3.61. The standard InChI is InChI=1S/C20H31N5O4S/c1-5-8-11-21-17-10-9-16(30(27,28)25(6-2)7-3)13-18(17)22-14-20(26)23-19-12-15(4)29-24-19/h9-10,12-13,21-22H,5-8,11,14H2,1-4H3,(H,23,24,26). The Morgan fingerprint density at radius 1 is 1.10 bits per heavy atom. The highest BCUT2D eigenvalue weighted by Crippen LogP contribution is 2.27. The number of carbonyl (C=O) groups excluding carboxylic acids is 1. The molecule has 0 bridgehead atoms. The van der Waals surface area contributed by atoms with E-state index in [4.69, 9.17) is 4.52 Å². The first-order valence-corrected chi connectivity index (χ1v) is 11.6. The highest BCUT2D eigenvalue weighted by atomic mass is 32.2. The van der Waals surface area contributed by atoms with Crippen molar-refractivity contribution in [3.63, 3.8) is 0 Å². The van der Waals surface area contributed by atoms with Gasteiger partial charge < -0.3 is 20.5 Å². The maximum atomic E-state index is 12.9. The molecule has 0 atom stereocenters. The van der Waals surface area contributed by atoms with Crippen LogP contribution in [-0.2, 0) is 14.8 Å². The number of anilines is 3. The zero-order valence-corrected chi connectivity index (χ0v) is 18.8. The molecule has 1 aromatic carbocycles. The molecule has 166 valence electrons. The second-order valence-corrected chi connectivity index (χ2v) is 8.74. The lowest BCUT2D eigenvalue weighted by atomic mass is 10.2. The summed E-state index contributed by atoms with van der Waals surface area (Å²) in [6, 6.07) is 6.50. The normalized spacial score (nSPS) is 11.5. The van der Waals surface area contributed by atoms with E-state index in [1.807, 2.05) is 0 Å². The van der Waals surface area contributed by atoms with Gasteiger partial charge in [-0.2, -0.15) is 4.31 Å². The third-order valence-corrected chi connectivity index (χ3v) is 6.56. The van der Waals surface area contributed by atoms with Gasteiger partial charge in [0.05, 0.1) is 22.8 Å². The molecule has 3 N–H and O–H groups in total. The molecule has 0 fully saturated rings. The summed E-state index contributed by atoms with van der Waals surface area (Å²) in [6.07, 6.45) is 2.01. The molecule has 1 amide bonds. The van der Waals surface area contributed by atoms with Gasteiger partial charge in [0.1, 0.15) is 5.76 Å². The van der Waals surface area contributed by atoms with Crippen LogP contribution in [0.5, 0.6) is 0 Å². The van der Waals surface area contributed by atoms with E-state index in [-0.39, 0.29) is 17.3 Å². The van der Waals surface area contributed by atoms with Gasteiger partial charge in [-0.3, -0.25) is 4.79 Å². The van der Waals surface area contributed by atoms with Crippen LogP contribution in [0.3, 0.4) is 0 Å². The summed E-state index contributed by atoms with van der Waals surface area (Å²) in [5, 5.41) is 12.7. The van der Waals surface area contributed by atoms with Gasteiger partial charge in [0.2, 0.25) is 15.9 Å². The molecule has 0 saturated heterocycles. The predicted molar refractivity (Wildman–Crippen MR) is 118 cm³/mol. The first kappa shape index (κ1) is 23.7. The van der Waals surface area contributed by atoms with Gasteiger partial charge in [0.15, 0.2) is 5.82 Å². The van der Waals surface area contributed by atoms with Gasteiger partial charge in [0, 0.05) is 25.7 Å². The maximum Gasteiger partial charge on any atom is 0.244 e. The highest BCUT2D eigenvalue weighted by molar-refractivity contribution is 7.89. The van der Waals surface area contributed by atoms with Crippen molar-refractivity contribution < 1.29 is 17.7 Å². The first-order chi connectivity index (χ1) is 14.3. The molecule has 0 aliphatic carbocycles. The van der Waals surface area contributed by atoms with Crippen molar-refractivity contribution >= 4 is 33.1 Å². The van der Waals surface area contributed by atoms with Crippen molar-refractivity contribution in [2.75, 3.05) is 42.1 Å². The van der Waals surface area contributed by atoms with E-state index < -0.39 is 10.0 Å². The molecule has 0 radical (unpaired) electrons. The fourth-order valence-corrected chi connectivity index (χ4v) is 4.37. The minimum Gasteiger partial charge on any atom is -0.383 e. The molecule has 0 unspecified atom stereocenters. The van der Waals surface area contributed by atoms with Gasteiger partial charge in [-0.05, 0) is 31.5 Å². The van der Waals surface area contributed by atoms with E-state index >= 15 is 0 Å². The van der Waals surface area contributed by atoms with Crippen molar-refractivity contribution in [3.05, 3.63) is 30.0 Å². The van der Waals surface area contributed by atoms with Crippen LogP contribution >= 0.6 is 0 Å². The molecule has 0 saturated carbocycles. The number of aryl methyl sites for hydroxylation is 1. The Morgan fingerprint density at radius 3 is 2.43 bits per heavy atom. The van der Waals surface area contributed by atoms with Crippen LogP contribution < -0.4 is 16.0 Å². The summed E-state index contributed by atoms with van der Waals surface area (Å²) in [6.45, 7) is 8.90. The van der Waals surface area contributed by atoms with Gasteiger partial charge >= 0.3 is 0 Å². The Morgan fingerprint density at radius 2 is 1.83 bits per heavy atom. The summed E-state index contributed by atoms with van der Waals surface area (Å²) in [5.41, 5.74) is 1.29.